The third kappa shape index (κ3) is 6.00. The molecule has 0 bridgehead atoms. The van der Waals surface area contributed by atoms with Crippen LogP contribution < -0.4 is 15.6 Å². The van der Waals surface area contributed by atoms with Gasteiger partial charge in [0.2, 0.25) is 7.38 Å². The van der Waals surface area contributed by atoms with Gasteiger partial charge in [-0.1, -0.05) is 175 Å². The Morgan fingerprint density at radius 1 is 0.304 bits per heavy atom. The maximum absolute atomic E-state index is 8.44. The van der Waals surface area contributed by atoms with Gasteiger partial charge in [0.05, 0.1) is 0 Å². The Labute approximate surface area is 278 Å². The van der Waals surface area contributed by atoms with Crippen molar-refractivity contribution in [2.45, 2.75) is 13.8 Å². The van der Waals surface area contributed by atoms with Crippen LogP contribution in [0.5, 0.6) is 0 Å². The quantitative estimate of drug-likeness (QED) is 0.0938. The van der Waals surface area contributed by atoms with Crippen molar-refractivity contribution < 1.29 is 0 Å². The molecule has 222 valence electrons. The Hall–Kier alpha value is -4.95. The summed E-state index contributed by atoms with van der Waals surface area (Å²) in [4.78, 5) is 0. The SMILES string of the molecule is Cc1cc(C)cc([Si](Cl)(c2cc(-c3ccccc3)cc(-c3ccccc3)c2)c2cc(-c3ccccc3)cc(-c3ccccc3)c2)c1. The standard InChI is InChI=1S/C44H35ClSi/c1-32-23-33(2)25-42(24-32)46(45,43-28-38(34-15-7-3-8-16-34)26-39(29-43)35-17-9-4-10-18-35)44-30-40(36-19-11-5-12-20-36)27-41(31-44)37-21-13-6-14-22-37/h3-31H,1-2H3. The zero-order valence-corrected chi connectivity index (χ0v) is 27.9. The van der Waals surface area contributed by atoms with Crippen molar-refractivity contribution in [1.82, 2.24) is 0 Å². The predicted molar refractivity (Wildman–Crippen MR) is 201 cm³/mol. The molecule has 0 unspecified atom stereocenters. The summed E-state index contributed by atoms with van der Waals surface area (Å²) in [5, 5.41) is 3.53. The maximum atomic E-state index is 8.44. The molecule has 0 aliphatic carbocycles. The maximum Gasteiger partial charge on any atom is 0.248 e. The molecule has 0 saturated heterocycles. The molecular formula is C44H35ClSi. The average molecular weight is 627 g/mol. The van der Waals surface area contributed by atoms with Crippen molar-refractivity contribution >= 4 is 34.0 Å². The zero-order valence-electron chi connectivity index (χ0n) is 26.1. The van der Waals surface area contributed by atoms with Crippen LogP contribution in [0.15, 0.2) is 176 Å². The molecule has 0 aliphatic heterocycles. The summed E-state index contributed by atoms with van der Waals surface area (Å²) < 4.78 is 0. The van der Waals surface area contributed by atoms with Crippen molar-refractivity contribution in [3.63, 3.8) is 0 Å². The Bertz CT molecular complexity index is 1840. The molecule has 7 aromatic rings. The van der Waals surface area contributed by atoms with E-state index in [9.17, 15) is 0 Å². The molecule has 0 fully saturated rings. The van der Waals surface area contributed by atoms with E-state index < -0.39 is 7.38 Å². The van der Waals surface area contributed by atoms with Gasteiger partial charge in [-0.05, 0) is 86.0 Å². The first-order chi connectivity index (χ1) is 22.5. The van der Waals surface area contributed by atoms with E-state index in [2.05, 4.69) is 190 Å². The third-order valence-electron chi connectivity index (χ3n) is 8.71. The molecule has 0 saturated carbocycles. The fourth-order valence-electron chi connectivity index (χ4n) is 6.52. The smallest absolute Gasteiger partial charge is 0.149 e. The molecule has 0 aromatic heterocycles. The molecule has 0 heterocycles. The topological polar surface area (TPSA) is 0 Å². The van der Waals surface area contributed by atoms with Gasteiger partial charge in [-0.15, -0.1) is 11.1 Å². The number of benzene rings is 7. The van der Waals surface area contributed by atoms with Crippen molar-refractivity contribution in [3.05, 3.63) is 187 Å². The summed E-state index contributed by atoms with van der Waals surface area (Å²) in [6.45, 7) is 4.35. The first-order valence-corrected chi connectivity index (χ1v) is 18.8. The minimum absolute atomic E-state index is 1.17. The van der Waals surface area contributed by atoms with E-state index in [0.717, 1.165) is 0 Å². The van der Waals surface area contributed by atoms with Gasteiger partial charge >= 0.3 is 0 Å². The second-order valence-electron chi connectivity index (χ2n) is 12.1. The van der Waals surface area contributed by atoms with Crippen LogP contribution in [0, 0.1) is 13.8 Å². The molecule has 0 N–H and O–H groups in total. The fourth-order valence-corrected chi connectivity index (χ4v) is 10.8. The Morgan fingerprint density at radius 2 is 0.565 bits per heavy atom. The first-order valence-electron chi connectivity index (χ1n) is 15.8. The summed E-state index contributed by atoms with van der Waals surface area (Å²) in [5.74, 6) is 0. The predicted octanol–water partition coefficient (Wildman–Crippen LogP) is 10.2. The van der Waals surface area contributed by atoms with Gasteiger partial charge < -0.3 is 0 Å². The largest absolute Gasteiger partial charge is 0.248 e. The number of hydrogen-bond donors (Lipinski definition) is 0. The van der Waals surface area contributed by atoms with Gasteiger partial charge in [0.25, 0.3) is 0 Å². The number of aryl methyl sites for hydroxylation is 2. The Morgan fingerprint density at radius 3 is 0.848 bits per heavy atom. The van der Waals surface area contributed by atoms with E-state index in [1.807, 2.05) is 0 Å². The van der Waals surface area contributed by atoms with Crippen molar-refractivity contribution in [3.8, 4) is 44.5 Å². The lowest BCUT2D eigenvalue weighted by molar-refractivity contribution is 1.40. The molecule has 7 aromatic carbocycles. The van der Waals surface area contributed by atoms with Crippen molar-refractivity contribution in [1.29, 1.82) is 0 Å². The highest BCUT2D eigenvalue weighted by atomic mass is 35.6. The summed E-state index contributed by atoms with van der Waals surface area (Å²) >= 11 is 8.44. The molecule has 0 amide bonds. The van der Waals surface area contributed by atoms with Gasteiger partial charge in [-0.2, -0.15) is 0 Å². The summed E-state index contributed by atoms with van der Waals surface area (Å²) in [7, 11) is -3.13. The zero-order chi connectivity index (χ0) is 31.5. The minimum atomic E-state index is -3.13. The molecule has 2 heteroatoms. The molecule has 46 heavy (non-hydrogen) atoms. The van der Waals surface area contributed by atoms with E-state index in [0.29, 0.717) is 0 Å². The second-order valence-corrected chi connectivity index (χ2v) is 16.8. The van der Waals surface area contributed by atoms with E-state index in [1.165, 1.54) is 71.2 Å². The van der Waals surface area contributed by atoms with Crippen LogP contribution in [-0.2, 0) is 0 Å². The highest BCUT2D eigenvalue weighted by molar-refractivity contribution is 7.40. The number of halogens is 1. The molecule has 0 spiro atoms. The van der Waals surface area contributed by atoms with Crippen LogP contribution in [-0.4, -0.2) is 7.38 Å². The lowest BCUT2D eigenvalue weighted by Crippen LogP contribution is -2.63. The lowest BCUT2D eigenvalue weighted by atomic mass is 9.99. The third-order valence-corrected chi connectivity index (χ3v) is 13.9. The van der Waals surface area contributed by atoms with Crippen LogP contribution in [0.2, 0.25) is 0 Å². The highest BCUT2D eigenvalue weighted by Gasteiger charge is 2.39. The molecule has 0 atom stereocenters. The second kappa shape index (κ2) is 12.8. The number of rotatable bonds is 7. The van der Waals surface area contributed by atoms with Gasteiger partial charge in [0, 0.05) is 0 Å². The van der Waals surface area contributed by atoms with Crippen LogP contribution in [0.3, 0.4) is 0 Å². The molecule has 0 nitrogen and oxygen atoms in total. The average Bonchev–Trinajstić information content (AvgIpc) is 3.12. The van der Waals surface area contributed by atoms with Gasteiger partial charge in [0.15, 0.2) is 0 Å². The van der Waals surface area contributed by atoms with Crippen LogP contribution in [0.25, 0.3) is 44.5 Å². The minimum Gasteiger partial charge on any atom is -0.149 e. The lowest BCUT2D eigenvalue weighted by Gasteiger charge is -2.29. The molecule has 0 radical (unpaired) electrons. The van der Waals surface area contributed by atoms with E-state index in [1.54, 1.807) is 0 Å². The van der Waals surface area contributed by atoms with Gasteiger partial charge in [-0.25, -0.2) is 0 Å². The Kier molecular flexibility index (Phi) is 8.28. The number of hydrogen-bond acceptors (Lipinski definition) is 0. The summed E-state index contributed by atoms with van der Waals surface area (Å²) in [5.41, 5.74) is 11.8. The highest BCUT2D eigenvalue weighted by Crippen LogP contribution is 2.31. The Balaban J connectivity index is 1.56. The summed E-state index contributed by atoms with van der Waals surface area (Å²) in [6, 6.07) is 63.5. The fraction of sp³-hybridized carbons (Fsp3) is 0.0455. The molecule has 7 rings (SSSR count). The van der Waals surface area contributed by atoms with E-state index >= 15 is 0 Å². The molecule has 0 aliphatic rings. The van der Waals surface area contributed by atoms with Crippen LogP contribution in [0.1, 0.15) is 11.1 Å². The van der Waals surface area contributed by atoms with Crippen molar-refractivity contribution in [2.75, 3.05) is 0 Å². The first kappa shape index (κ1) is 29.7. The normalized spacial score (nSPS) is 11.4. The van der Waals surface area contributed by atoms with E-state index in [-0.39, 0.29) is 0 Å². The monoisotopic (exact) mass is 626 g/mol. The van der Waals surface area contributed by atoms with Gasteiger partial charge in [-0.3, -0.25) is 0 Å². The molecular weight excluding hydrogens is 592 g/mol. The van der Waals surface area contributed by atoms with Gasteiger partial charge in [0.1, 0.15) is 0 Å². The van der Waals surface area contributed by atoms with Crippen LogP contribution in [0.4, 0.5) is 0 Å². The van der Waals surface area contributed by atoms with Crippen molar-refractivity contribution in [2.24, 2.45) is 0 Å². The van der Waals surface area contributed by atoms with E-state index in [4.69, 9.17) is 11.1 Å². The van der Waals surface area contributed by atoms with Crippen LogP contribution >= 0.6 is 11.1 Å². The summed E-state index contributed by atoms with van der Waals surface area (Å²) in [6.07, 6.45) is 0.